The number of nitrogens with one attached hydrogen (secondary N) is 1. The second kappa shape index (κ2) is 4.21. The SMILES string of the molecule is Clc1cc(Br)cc2cc(-c3ccccc3)[nH]c12. The molecule has 1 N–H and O–H groups in total. The molecule has 1 heterocycles. The van der Waals surface area contributed by atoms with Crippen LogP contribution in [-0.4, -0.2) is 4.98 Å². The number of benzene rings is 2. The Labute approximate surface area is 113 Å². The summed E-state index contributed by atoms with van der Waals surface area (Å²) >= 11 is 9.65. The summed E-state index contributed by atoms with van der Waals surface area (Å²) in [5, 5.41) is 1.85. The van der Waals surface area contributed by atoms with E-state index in [1.165, 1.54) is 0 Å². The van der Waals surface area contributed by atoms with Gasteiger partial charge in [0.1, 0.15) is 0 Å². The molecule has 1 nitrogen and oxygen atoms in total. The van der Waals surface area contributed by atoms with Gasteiger partial charge in [0.2, 0.25) is 0 Å². The number of halogens is 2. The molecule has 17 heavy (non-hydrogen) atoms. The third-order valence-electron chi connectivity index (χ3n) is 2.73. The summed E-state index contributed by atoms with van der Waals surface area (Å²) in [6, 6.07) is 16.3. The normalized spacial score (nSPS) is 10.9. The fraction of sp³-hybridized carbons (Fsp3) is 0. The Morgan fingerprint density at radius 2 is 1.76 bits per heavy atom. The highest BCUT2D eigenvalue weighted by atomic mass is 79.9. The molecule has 0 bridgehead atoms. The molecule has 1 aromatic heterocycles. The highest BCUT2D eigenvalue weighted by molar-refractivity contribution is 9.10. The molecule has 0 aliphatic carbocycles. The van der Waals surface area contributed by atoms with Gasteiger partial charge in [0.05, 0.1) is 10.5 Å². The average Bonchev–Trinajstić information content (AvgIpc) is 2.74. The van der Waals surface area contributed by atoms with Gasteiger partial charge in [-0.25, -0.2) is 0 Å². The van der Waals surface area contributed by atoms with Gasteiger partial charge >= 0.3 is 0 Å². The van der Waals surface area contributed by atoms with Gasteiger partial charge in [-0.1, -0.05) is 57.9 Å². The van der Waals surface area contributed by atoms with Crippen molar-refractivity contribution in [2.75, 3.05) is 0 Å². The van der Waals surface area contributed by atoms with Crippen molar-refractivity contribution in [1.29, 1.82) is 0 Å². The van der Waals surface area contributed by atoms with E-state index in [9.17, 15) is 0 Å². The molecule has 3 heteroatoms. The first-order valence-corrected chi connectivity index (χ1v) is 6.44. The van der Waals surface area contributed by atoms with E-state index in [1.54, 1.807) is 0 Å². The topological polar surface area (TPSA) is 15.8 Å². The lowest BCUT2D eigenvalue weighted by atomic mass is 10.1. The standard InChI is InChI=1S/C14H9BrClN/c15-11-6-10-7-13(9-4-2-1-3-5-9)17-14(10)12(16)8-11/h1-8,17H. The number of aromatic amines is 1. The van der Waals surface area contributed by atoms with Crippen LogP contribution in [0.4, 0.5) is 0 Å². The number of hydrogen-bond acceptors (Lipinski definition) is 0. The summed E-state index contributed by atoms with van der Waals surface area (Å²) in [7, 11) is 0. The zero-order valence-electron chi connectivity index (χ0n) is 8.87. The maximum absolute atomic E-state index is 6.20. The van der Waals surface area contributed by atoms with Crippen LogP contribution in [0.5, 0.6) is 0 Å². The minimum absolute atomic E-state index is 0.733. The number of hydrogen-bond donors (Lipinski definition) is 1. The van der Waals surface area contributed by atoms with Crippen molar-refractivity contribution in [3.8, 4) is 11.3 Å². The van der Waals surface area contributed by atoms with Crippen molar-refractivity contribution in [2.24, 2.45) is 0 Å². The van der Waals surface area contributed by atoms with Crippen LogP contribution >= 0.6 is 27.5 Å². The molecule has 3 aromatic rings. The second-order valence-electron chi connectivity index (χ2n) is 3.90. The molecule has 0 unspecified atom stereocenters. The van der Waals surface area contributed by atoms with Gasteiger partial charge in [-0.2, -0.15) is 0 Å². The zero-order chi connectivity index (χ0) is 11.8. The summed E-state index contributed by atoms with van der Waals surface area (Å²) in [5.74, 6) is 0. The van der Waals surface area contributed by atoms with Crippen molar-refractivity contribution in [3.63, 3.8) is 0 Å². The number of H-pyrrole nitrogens is 1. The molecule has 0 atom stereocenters. The van der Waals surface area contributed by atoms with Crippen LogP contribution in [0.1, 0.15) is 0 Å². The molecule has 2 aromatic carbocycles. The van der Waals surface area contributed by atoms with E-state index in [0.29, 0.717) is 0 Å². The lowest BCUT2D eigenvalue weighted by molar-refractivity contribution is 1.45. The average molecular weight is 307 g/mol. The second-order valence-corrected chi connectivity index (χ2v) is 5.22. The molecule has 0 amide bonds. The van der Waals surface area contributed by atoms with Gasteiger partial charge in [-0.05, 0) is 23.8 Å². The Balaban J connectivity index is 2.24. The molecule has 0 aliphatic rings. The van der Waals surface area contributed by atoms with Crippen LogP contribution in [-0.2, 0) is 0 Å². The largest absolute Gasteiger partial charge is 0.353 e. The van der Waals surface area contributed by atoms with Crippen LogP contribution in [0.15, 0.2) is 53.0 Å². The Bertz CT molecular complexity index is 673. The van der Waals surface area contributed by atoms with Gasteiger partial charge in [-0.15, -0.1) is 0 Å². The van der Waals surface area contributed by atoms with E-state index in [1.807, 2.05) is 24.3 Å². The Kier molecular flexibility index (Phi) is 2.69. The lowest BCUT2D eigenvalue weighted by Gasteiger charge is -1.96. The van der Waals surface area contributed by atoms with Crippen molar-refractivity contribution in [2.45, 2.75) is 0 Å². The molecule has 0 saturated heterocycles. The fourth-order valence-corrected chi connectivity index (χ4v) is 2.82. The van der Waals surface area contributed by atoms with Gasteiger partial charge in [0.25, 0.3) is 0 Å². The third-order valence-corrected chi connectivity index (χ3v) is 3.49. The first-order valence-electron chi connectivity index (χ1n) is 5.27. The van der Waals surface area contributed by atoms with Crippen LogP contribution < -0.4 is 0 Å². The molecular formula is C14H9BrClN. The molecular weight excluding hydrogens is 298 g/mol. The van der Waals surface area contributed by atoms with E-state index in [2.05, 4.69) is 45.2 Å². The molecule has 0 saturated carbocycles. The summed E-state index contributed by atoms with van der Waals surface area (Å²) in [6.07, 6.45) is 0. The van der Waals surface area contributed by atoms with Crippen molar-refractivity contribution in [3.05, 3.63) is 58.0 Å². The van der Waals surface area contributed by atoms with Crippen LogP contribution in [0.25, 0.3) is 22.2 Å². The number of aromatic nitrogens is 1. The van der Waals surface area contributed by atoms with Gasteiger partial charge in [-0.3, -0.25) is 0 Å². The fourth-order valence-electron chi connectivity index (χ4n) is 1.94. The zero-order valence-corrected chi connectivity index (χ0v) is 11.2. The summed E-state index contributed by atoms with van der Waals surface area (Å²) in [5.41, 5.74) is 3.23. The summed E-state index contributed by atoms with van der Waals surface area (Å²) < 4.78 is 0.994. The molecule has 0 spiro atoms. The maximum atomic E-state index is 6.20. The highest BCUT2D eigenvalue weighted by Gasteiger charge is 2.06. The Hall–Kier alpha value is -1.25. The number of fused-ring (bicyclic) bond motifs is 1. The number of rotatable bonds is 1. The van der Waals surface area contributed by atoms with E-state index in [-0.39, 0.29) is 0 Å². The van der Waals surface area contributed by atoms with E-state index in [4.69, 9.17) is 11.6 Å². The minimum Gasteiger partial charge on any atom is -0.353 e. The highest BCUT2D eigenvalue weighted by Crippen LogP contribution is 2.31. The van der Waals surface area contributed by atoms with E-state index < -0.39 is 0 Å². The van der Waals surface area contributed by atoms with Gasteiger partial charge in [0.15, 0.2) is 0 Å². The molecule has 0 fully saturated rings. The third kappa shape index (κ3) is 1.99. The van der Waals surface area contributed by atoms with Crippen LogP contribution in [0, 0.1) is 0 Å². The van der Waals surface area contributed by atoms with Crippen molar-refractivity contribution in [1.82, 2.24) is 4.98 Å². The lowest BCUT2D eigenvalue weighted by Crippen LogP contribution is -1.75. The van der Waals surface area contributed by atoms with Gasteiger partial charge in [0, 0.05) is 15.6 Å². The van der Waals surface area contributed by atoms with Crippen LogP contribution in [0.2, 0.25) is 5.02 Å². The van der Waals surface area contributed by atoms with Crippen molar-refractivity contribution >= 4 is 38.4 Å². The predicted octanol–water partition coefficient (Wildman–Crippen LogP) is 5.25. The van der Waals surface area contributed by atoms with Gasteiger partial charge < -0.3 is 4.98 Å². The first kappa shape index (κ1) is 10.9. The summed E-state index contributed by atoms with van der Waals surface area (Å²) in [6.45, 7) is 0. The quantitative estimate of drug-likeness (QED) is 0.632. The van der Waals surface area contributed by atoms with E-state index >= 15 is 0 Å². The maximum Gasteiger partial charge on any atom is 0.0658 e. The monoisotopic (exact) mass is 305 g/mol. The summed E-state index contributed by atoms with van der Waals surface area (Å²) in [4.78, 5) is 3.35. The molecule has 0 aliphatic heterocycles. The predicted molar refractivity (Wildman–Crippen MR) is 76.4 cm³/mol. The molecule has 0 radical (unpaired) electrons. The first-order chi connectivity index (χ1) is 8.24. The molecule has 3 rings (SSSR count). The smallest absolute Gasteiger partial charge is 0.0658 e. The van der Waals surface area contributed by atoms with Crippen LogP contribution in [0.3, 0.4) is 0 Å². The minimum atomic E-state index is 0.733. The molecule has 84 valence electrons. The van der Waals surface area contributed by atoms with Crippen molar-refractivity contribution < 1.29 is 0 Å². The van der Waals surface area contributed by atoms with E-state index in [0.717, 1.165) is 31.7 Å². The Morgan fingerprint density at radius 3 is 2.53 bits per heavy atom. The Morgan fingerprint density at radius 1 is 1.00 bits per heavy atom.